The number of carbonyl (C=O) groups is 2. The van der Waals surface area contributed by atoms with Crippen LogP contribution in [0.2, 0.25) is 0 Å². The van der Waals surface area contributed by atoms with Crippen LogP contribution in [0.1, 0.15) is 13.8 Å². The monoisotopic (exact) mass is 314 g/mol. The van der Waals surface area contributed by atoms with Gasteiger partial charge in [-0.1, -0.05) is 0 Å². The molecule has 1 N–H and O–H groups in total. The number of piperazine rings is 1. The smallest absolute Gasteiger partial charge is 0.252 e. The fourth-order valence-corrected chi connectivity index (χ4v) is 2.45. The van der Waals surface area contributed by atoms with E-state index in [4.69, 9.17) is 0 Å². The number of hydrogen-bond acceptors (Lipinski definition) is 2. The second-order valence-electron chi connectivity index (χ2n) is 4.66. The highest BCUT2D eigenvalue weighted by Crippen LogP contribution is 2.29. The van der Waals surface area contributed by atoms with Gasteiger partial charge >= 0.3 is 0 Å². The second kappa shape index (κ2) is 4.35. The number of amides is 2. The number of benzene rings is 1. The number of carbonyl (C=O) groups excluding carboxylic acids is 2. The molecule has 18 heavy (non-hydrogen) atoms. The third-order valence-corrected chi connectivity index (χ3v) is 3.37. The normalized spacial score (nSPS) is 18.8. The molecular formula is C12H12BrFN2O2. The molecule has 0 saturated carbocycles. The third kappa shape index (κ3) is 2.25. The average molecular weight is 315 g/mol. The first-order valence-electron chi connectivity index (χ1n) is 5.39. The lowest BCUT2D eigenvalue weighted by atomic mass is 10.00. The molecule has 96 valence electrons. The fraction of sp³-hybridized carbons (Fsp3) is 0.333. The Balaban J connectivity index is 2.43. The van der Waals surface area contributed by atoms with E-state index >= 15 is 0 Å². The van der Waals surface area contributed by atoms with Crippen LogP contribution in [-0.2, 0) is 9.59 Å². The Morgan fingerprint density at radius 1 is 1.39 bits per heavy atom. The fourth-order valence-electron chi connectivity index (χ4n) is 1.89. The standard InChI is InChI=1S/C12H12BrFN2O2/c1-12(2)11(18)16(6-10(17)15-12)9-4-3-7(14)5-8(9)13/h3-5H,6H2,1-2H3,(H,15,17). The SMILES string of the molecule is CC1(C)NC(=O)CN(c2ccc(F)cc2Br)C1=O. The van der Waals surface area contributed by atoms with Crippen LogP contribution in [0.15, 0.2) is 22.7 Å². The molecule has 0 radical (unpaired) electrons. The van der Waals surface area contributed by atoms with Crippen molar-refractivity contribution in [3.05, 3.63) is 28.5 Å². The summed E-state index contributed by atoms with van der Waals surface area (Å²) in [5.41, 5.74) is -0.465. The zero-order valence-electron chi connectivity index (χ0n) is 9.96. The van der Waals surface area contributed by atoms with Crippen molar-refractivity contribution >= 4 is 33.4 Å². The van der Waals surface area contributed by atoms with Gasteiger partial charge < -0.3 is 5.32 Å². The highest BCUT2D eigenvalue weighted by Gasteiger charge is 2.40. The minimum Gasteiger partial charge on any atom is -0.341 e. The summed E-state index contributed by atoms with van der Waals surface area (Å²) in [6.07, 6.45) is 0. The van der Waals surface area contributed by atoms with Gasteiger partial charge in [0.25, 0.3) is 5.91 Å². The van der Waals surface area contributed by atoms with Crippen molar-refractivity contribution in [2.75, 3.05) is 11.4 Å². The Hall–Kier alpha value is -1.43. The van der Waals surface area contributed by atoms with E-state index in [-0.39, 0.29) is 18.4 Å². The molecule has 0 spiro atoms. The van der Waals surface area contributed by atoms with E-state index in [0.29, 0.717) is 10.2 Å². The first kappa shape index (κ1) is 13.0. The predicted octanol–water partition coefficient (Wildman–Crippen LogP) is 1.83. The maximum absolute atomic E-state index is 13.0. The summed E-state index contributed by atoms with van der Waals surface area (Å²) < 4.78 is 13.5. The summed E-state index contributed by atoms with van der Waals surface area (Å²) in [5, 5.41) is 2.62. The van der Waals surface area contributed by atoms with Gasteiger partial charge in [0.05, 0.1) is 5.69 Å². The van der Waals surface area contributed by atoms with Crippen LogP contribution in [0.3, 0.4) is 0 Å². The van der Waals surface area contributed by atoms with E-state index in [9.17, 15) is 14.0 Å². The van der Waals surface area contributed by atoms with Crippen molar-refractivity contribution < 1.29 is 14.0 Å². The largest absolute Gasteiger partial charge is 0.341 e. The van der Waals surface area contributed by atoms with E-state index in [2.05, 4.69) is 21.2 Å². The van der Waals surface area contributed by atoms with Crippen LogP contribution in [0.4, 0.5) is 10.1 Å². The number of nitrogens with zero attached hydrogens (tertiary/aromatic N) is 1. The van der Waals surface area contributed by atoms with Crippen molar-refractivity contribution in [2.24, 2.45) is 0 Å². The molecule has 1 fully saturated rings. The quantitative estimate of drug-likeness (QED) is 0.859. The number of hydrogen-bond donors (Lipinski definition) is 1. The van der Waals surface area contributed by atoms with Crippen molar-refractivity contribution in [1.82, 2.24) is 5.32 Å². The van der Waals surface area contributed by atoms with Gasteiger partial charge in [0.15, 0.2) is 0 Å². The molecule has 2 rings (SSSR count). The van der Waals surface area contributed by atoms with Gasteiger partial charge in [0, 0.05) is 4.47 Å². The molecule has 0 aliphatic carbocycles. The first-order chi connectivity index (χ1) is 8.31. The lowest BCUT2D eigenvalue weighted by molar-refractivity contribution is -0.134. The summed E-state index contributed by atoms with van der Waals surface area (Å²) in [7, 11) is 0. The Labute approximate surface area is 112 Å². The molecule has 1 heterocycles. The molecule has 0 bridgehead atoms. The predicted molar refractivity (Wildman–Crippen MR) is 68.7 cm³/mol. The van der Waals surface area contributed by atoms with Gasteiger partial charge in [0.1, 0.15) is 17.9 Å². The third-order valence-electron chi connectivity index (χ3n) is 2.73. The maximum Gasteiger partial charge on any atom is 0.252 e. The van der Waals surface area contributed by atoms with Gasteiger partial charge in [-0.2, -0.15) is 0 Å². The molecule has 0 unspecified atom stereocenters. The van der Waals surface area contributed by atoms with Crippen molar-refractivity contribution in [1.29, 1.82) is 0 Å². The van der Waals surface area contributed by atoms with E-state index in [0.717, 1.165) is 0 Å². The Morgan fingerprint density at radius 3 is 2.67 bits per heavy atom. The molecule has 1 saturated heterocycles. The van der Waals surface area contributed by atoms with E-state index in [1.165, 1.54) is 23.1 Å². The van der Waals surface area contributed by atoms with Crippen molar-refractivity contribution in [3.63, 3.8) is 0 Å². The maximum atomic E-state index is 13.0. The van der Waals surface area contributed by atoms with E-state index in [1.54, 1.807) is 13.8 Å². The molecular weight excluding hydrogens is 303 g/mol. The van der Waals surface area contributed by atoms with Gasteiger partial charge in [-0.15, -0.1) is 0 Å². The minimum absolute atomic E-state index is 0.0630. The number of halogens is 2. The lowest BCUT2D eigenvalue weighted by Crippen LogP contribution is -2.64. The topological polar surface area (TPSA) is 49.4 Å². The van der Waals surface area contributed by atoms with E-state index in [1.807, 2.05) is 0 Å². The molecule has 2 amide bonds. The lowest BCUT2D eigenvalue weighted by Gasteiger charge is -2.37. The Kier molecular flexibility index (Phi) is 3.14. The number of anilines is 1. The molecule has 4 nitrogen and oxygen atoms in total. The van der Waals surface area contributed by atoms with Gasteiger partial charge in [-0.3, -0.25) is 14.5 Å². The zero-order valence-corrected chi connectivity index (χ0v) is 11.5. The molecule has 1 aromatic rings. The number of rotatable bonds is 1. The second-order valence-corrected chi connectivity index (χ2v) is 5.51. The van der Waals surface area contributed by atoms with Gasteiger partial charge in [-0.05, 0) is 48.0 Å². The highest BCUT2D eigenvalue weighted by atomic mass is 79.9. The Bertz CT molecular complexity index is 531. The average Bonchev–Trinajstić information content (AvgIpc) is 2.23. The van der Waals surface area contributed by atoms with Crippen LogP contribution >= 0.6 is 15.9 Å². The van der Waals surface area contributed by atoms with Crippen LogP contribution < -0.4 is 10.2 Å². The number of nitrogens with one attached hydrogen (secondary N) is 1. The summed E-state index contributed by atoms with van der Waals surface area (Å²) >= 11 is 3.20. The molecule has 1 aromatic carbocycles. The molecule has 1 aliphatic heterocycles. The molecule has 0 aromatic heterocycles. The first-order valence-corrected chi connectivity index (χ1v) is 6.18. The minimum atomic E-state index is -0.955. The van der Waals surface area contributed by atoms with Gasteiger partial charge in [0.2, 0.25) is 5.91 Å². The van der Waals surface area contributed by atoms with Crippen LogP contribution in [0, 0.1) is 5.82 Å². The highest BCUT2D eigenvalue weighted by molar-refractivity contribution is 9.10. The van der Waals surface area contributed by atoms with Crippen LogP contribution in [0.5, 0.6) is 0 Å². The summed E-state index contributed by atoms with van der Waals surface area (Å²) in [6.45, 7) is 3.21. The zero-order chi connectivity index (χ0) is 13.5. The van der Waals surface area contributed by atoms with E-state index < -0.39 is 11.4 Å². The van der Waals surface area contributed by atoms with Crippen LogP contribution in [0.25, 0.3) is 0 Å². The summed E-state index contributed by atoms with van der Waals surface area (Å²) in [4.78, 5) is 25.2. The van der Waals surface area contributed by atoms with Gasteiger partial charge in [-0.25, -0.2) is 4.39 Å². The molecule has 6 heteroatoms. The van der Waals surface area contributed by atoms with Crippen molar-refractivity contribution in [2.45, 2.75) is 19.4 Å². The summed E-state index contributed by atoms with van der Waals surface area (Å²) in [5.74, 6) is -0.871. The molecule has 0 atom stereocenters. The summed E-state index contributed by atoms with van der Waals surface area (Å²) in [6, 6.07) is 4.00. The van der Waals surface area contributed by atoms with Crippen LogP contribution in [-0.4, -0.2) is 23.9 Å². The molecule has 1 aliphatic rings. The van der Waals surface area contributed by atoms with Crippen molar-refractivity contribution in [3.8, 4) is 0 Å². The Morgan fingerprint density at radius 2 is 2.06 bits per heavy atom.